The van der Waals surface area contributed by atoms with E-state index in [1.54, 1.807) is 0 Å². The van der Waals surface area contributed by atoms with Gasteiger partial charge in [0.15, 0.2) is 0 Å². The first-order valence-electron chi connectivity index (χ1n) is 8.10. The normalized spacial score (nSPS) is 11.5. The van der Waals surface area contributed by atoms with E-state index >= 15 is 0 Å². The average molecular weight is 341 g/mol. The van der Waals surface area contributed by atoms with Crippen molar-refractivity contribution in [2.45, 2.75) is 32.9 Å². The van der Waals surface area contributed by atoms with Crippen molar-refractivity contribution in [2.75, 3.05) is 7.11 Å². The lowest BCUT2D eigenvalue weighted by Gasteiger charge is -2.17. The van der Waals surface area contributed by atoms with Crippen molar-refractivity contribution in [3.63, 3.8) is 0 Å². The van der Waals surface area contributed by atoms with Gasteiger partial charge >= 0.3 is 12.1 Å². The molecule has 2 aromatic rings. The minimum absolute atomic E-state index is 0.143. The van der Waals surface area contributed by atoms with E-state index in [0.29, 0.717) is 6.42 Å². The summed E-state index contributed by atoms with van der Waals surface area (Å²) in [5.41, 5.74) is 4.13. The second-order valence-electron chi connectivity index (χ2n) is 5.90. The van der Waals surface area contributed by atoms with Crippen LogP contribution in [0, 0.1) is 13.8 Å². The van der Waals surface area contributed by atoms with Crippen LogP contribution in [0.4, 0.5) is 4.79 Å². The van der Waals surface area contributed by atoms with Crippen LogP contribution in [0.25, 0.3) is 0 Å². The third-order valence-corrected chi connectivity index (χ3v) is 4.00. The molecule has 5 nitrogen and oxygen atoms in total. The fourth-order valence-corrected chi connectivity index (χ4v) is 2.41. The van der Waals surface area contributed by atoms with Gasteiger partial charge in [-0.25, -0.2) is 9.59 Å². The molecule has 0 radical (unpaired) electrons. The topological polar surface area (TPSA) is 64.6 Å². The standard InChI is InChI=1S/C20H23NO4/c1-14-9-10-17(11-15(14)2)12-18(19(22)24-3)21-20(23)25-13-16-7-5-4-6-8-16/h4-11,18H,12-13H2,1-3H3,(H,21,23). The van der Waals surface area contributed by atoms with Crippen LogP contribution in [0.3, 0.4) is 0 Å². The highest BCUT2D eigenvalue weighted by Gasteiger charge is 2.22. The zero-order valence-electron chi connectivity index (χ0n) is 14.7. The van der Waals surface area contributed by atoms with Gasteiger partial charge in [-0.15, -0.1) is 0 Å². The number of nitrogens with one attached hydrogen (secondary N) is 1. The molecule has 0 aliphatic rings. The quantitative estimate of drug-likeness (QED) is 0.819. The zero-order valence-corrected chi connectivity index (χ0v) is 14.7. The van der Waals surface area contributed by atoms with Crippen LogP contribution in [-0.2, 0) is 27.3 Å². The van der Waals surface area contributed by atoms with Crippen molar-refractivity contribution < 1.29 is 19.1 Å². The molecule has 0 spiro atoms. The Hall–Kier alpha value is -2.82. The number of carbonyl (C=O) groups excluding carboxylic acids is 2. The lowest BCUT2D eigenvalue weighted by molar-refractivity contribution is -0.143. The maximum absolute atomic E-state index is 12.0. The number of hydrogen-bond donors (Lipinski definition) is 1. The van der Waals surface area contributed by atoms with Gasteiger partial charge in [-0.05, 0) is 36.1 Å². The van der Waals surface area contributed by atoms with Gasteiger partial charge < -0.3 is 14.8 Å². The number of ether oxygens (including phenoxy) is 2. The van der Waals surface area contributed by atoms with Crippen LogP contribution in [-0.4, -0.2) is 25.2 Å². The first kappa shape index (κ1) is 18.5. The van der Waals surface area contributed by atoms with Crippen molar-refractivity contribution in [2.24, 2.45) is 0 Å². The summed E-state index contributed by atoms with van der Waals surface area (Å²) in [6.45, 7) is 4.17. The van der Waals surface area contributed by atoms with E-state index in [9.17, 15) is 9.59 Å². The molecule has 1 atom stereocenters. The predicted molar refractivity (Wildman–Crippen MR) is 95.2 cm³/mol. The van der Waals surface area contributed by atoms with Crippen LogP contribution in [0.15, 0.2) is 48.5 Å². The van der Waals surface area contributed by atoms with Crippen molar-refractivity contribution in [1.29, 1.82) is 0 Å². The van der Waals surface area contributed by atoms with Crippen LogP contribution < -0.4 is 5.32 Å². The molecule has 0 bridgehead atoms. The minimum Gasteiger partial charge on any atom is -0.467 e. The Balaban J connectivity index is 1.98. The molecule has 1 N–H and O–H groups in total. The fraction of sp³-hybridized carbons (Fsp3) is 0.300. The highest BCUT2D eigenvalue weighted by molar-refractivity contribution is 5.81. The number of alkyl carbamates (subject to hydrolysis) is 1. The molecule has 0 saturated carbocycles. The number of methoxy groups -OCH3 is 1. The van der Waals surface area contributed by atoms with E-state index in [4.69, 9.17) is 9.47 Å². The summed E-state index contributed by atoms with van der Waals surface area (Å²) in [5.74, 6) is -0.505. The monoisotopic (exact) mass is 341 g/mol. The molecule has 132 valence electrons. The van der Waals surface area contributed by atoms with E-state index in [2.05, 4.69) is 5.32 Å². The number of benzene rings is 2. The van der Waals surface area contributed by atoms with E-state index in [1.807, 2.05) is 62.4 Å². The van der Waals surface area contributed by atoms with E-state index in [0.717, 1.165) is 16.7 Å². The molecule has 0 aliphatic heterocycles. The first-order chi connectivity index (χ1) is 12.0. The van der Waals surface area contributed by atoms with Crippen molar-refractivity contribution in [3.05, 3.63) is 70.8 Å². The van der Waals surface area contributed by atoms with Crippen LogP contribution in [0.2, 0.25) is 0 Å². The summed E-state index contributed by atoms with van der Waals surface area (Å²) in [5, 5.41) is 2.58. The van der Waals surface area contributed by atoms with Gasteiger partial charge in [-0.3, -0.25) is 0 Å². The number of esters is 1. The van der Waals surface area contributed by atoms with E-state index in [1.165, 1.54) is 12.7 Å². The fourth-order valence-electron chi connectivity index (χ4n) is 2.41. The number of amides is 1. The maximum Gasteiger partial charge on any atom is 0.408 e. The number of aryl methyl sites for hydroxylation is 2. The van der Waals surface area contributed by atoms with Gasteiger partial charge in [0.25, 0.3) is 0 Å². The average Bonchev–Trinajstić information content (AvgIpc) is 2.62. The Morgan fingerprint density at radius 3 is 2.36 bits per heavy atom. The lowest BCUT2D eigenvalue weighted by atomic mass is 10.0. The Morgan fingerprint density at radius 2 is 1.72 bits per heavy atom. The molecule has 0 aromatic heterocycles. The summed E-state index contributed by atoms with van der Waals surface area (Å²) in [6.07, 6.45) is -0.308. The molecule has 1 unspecified atom stereocenters. The highest BCUT2D eigenvalue weighted by Crippen LogP contribution is 2.12. The molecule has 25 heavy (non-hydrogen) atoms. The van der Waals surface area contributed by atoms with Crippen molar-refractivity contribution in [1.82, 2.24) is 5.32 Å². The third-order valence-electron chi connectivity index (χ3n) is 4.00. The van der Waals surface area contributed by atoms with Gasteiger partial charge in [-0.1, -0.05) is 48.5 Å². The third kappa shape index (κ3) is 5.64. The minimum atomic E-state index is -0.796. The molecule has 1 amide bonds. The van der Waals surface area contributed by atoms with Crippen LogP contribution in [0.5, 0.6) is 0 Å². The van der Waals surface area contributed by atoms with Gasteiger partial charge in [-0.2, -0.15) is 0 Å². The van der Waals surface area contributed by atoms with E-state index < -0.39 is 18.1 Å². The van der Waals surface area contributed by atoms with Gasteiger partial charge in [0.1, 0.15) is 12.6 Å². The number of hydrogen-bond acceptors (Lipinski definition) is 4. The second-order valence-corrected chi connectivity index (χ2v) is 5.90. The van der Waals surface area contributed by atoms with Gasteiger partial charge in [0.2, 0.25) is 0 Å². The summed E-state index contributed by atoms with van der Waals surface area (Å²) in [7, 11) is 1.30. The number of rotatable bonds is 6. The van der Waals surface area contributed by atoms with Crippen molar-refractivity contribution >= 4 is 12.1 Å². The molecule has 0 aliphatic carbocycles. The Bertz CT molecular complexity index is 728. The molecule has 0 saturated heterocycles. The summed E-state index contributed by atoms with van der Waals surface area (Å²) < 4.78 is 9.97. The highest BCUT2D eigenvalue weighted by atomic mass is 16.6. The molecule has 2 aromatic carbocycles. The second kappa shape index (κ2) is 8.87. The van der Waals surface area contributed by atoms with Gasteiger partial charge in [0, 0.05) is 6.42 Å². The molecule has 0 fully saturated rings. The van der Waals surface area contributed by atoms with Crippen LogP contribution in [0.1, 0.15) is 22.3 Å². The molecular formula is C20H23NO4. The zero-order chi connectivity index (χ0) is 18.2. The predicted octanol–water partition coefficient (Wildman–Crippen LogP) is 3.31. The Labute approximate surface area is 148 Å². The SMILES string of the molecule is COC(=O)C(Cc1ccc(C)c(C)c1)NC(=O)OCc1ccccc1. The maximum atomic E-state index is 12.0. The molecule has 0 heterocycles. The Kier molecular flexibility index (Phi) is 6.57. The molecule has 2 rings (SSSR count). The summed E-state index contributed by atoms with van der Waals surface area (Å²) >= 11 is 0. The summed E-state index contributed by atoms with van der Waals surface area (Å²) in [4.78, 5) is 24.0. The smallest absolute Gasteiger partial charge is 0.408 e. The number of carbonyl (C=O) groups is 2. The van der Waals surface area contributed by atoms with Crippen molar-refractivity contribution in [3.8, 4) is 0 Å². The molecular weight excluding hydrogens is 318 g/mol. The van der Waals surface area contributed by atoms with Crippen LogP contribution >= 0.6 is 0 Å². The lowest BCUT2D eigenvalue weighted by Crippen LogP contribution is -2.43. The Morgan fingerprint density at radius 1 is 1.00 bits per heavy atom. The van der Waals surface area contributed by atoms with Gasteiger partial charge in [0.05, 0.1) is 7.11 Å². The largest absolute Gasteiger partial charge is 0.467 e. The first-order valence-corrected chi connectivity index (χ1v) is 8.10. The van der Waals surface area contributed by atoms with E-state index in [-0.39, 0.29) is 6.61 Å². The molecule has 5 heteroatoms. The summed E-state index contributed by atoms with van der Waals surface area (Å²) in [6, 6.07) is 14.5.